The number of aryl methyl sites for hydroxylation is 2. The van der Waals surface area contributed by atoms with Crippen LogP contribution in [0, 0.1) is 0 Å². The Bertz CT molecular complexity index is 1020. The van der Waals surface area contributed by atoms with Gasteiger partial charge in [-0.1, -0.05) is 42.8 Å². The summed E-state index contributed by atoms with van der Waals surface area (Å²) in [6, 6.07) is 11.9. The molecular weight excluding hydrogens is 420 g/mol. The minimum absolute atomic E-state index is 0.223. The van der Waals surface area contributed by atoms with Gasteiger partial charge in [0.2, 0.25) is 15.9 Å². The van der Waals surface area contributed by atoms with Gasteiger partial charge in [-0.15, -0.1) is 0 Å². The summed E-state index contributed by atoms with van der Waals surface area (Å²) in [4.78, 5) is 13.1. The minimum Gasteiger partial charge on any atom is -0.348 e. The highest BCUT2D eigenvalue weighted by molar-refractivity contribution is 7.92. The summed E-state index contributed by atoms with van der Waals surface area (Å²) in [5, 5.41) is 3.43. The van der Waals surface area contributed by atoms with E-state index >= 15 is 0 Å². The van der Waals surface area contributed by atoms with Crippen molar-refractivity contribution in [3.63, 3.8) is 0 Å². The first kappa shape index (κ1) is 22.6. The van der Waals surface area contributed by atoms with E-state index in [-0.39, 0.29) is 11.9 Å². The van der Waals surface area contributed by atoms with Crippen molar-refractivity contribution in [2.75, 3.05) is 10.6 Å². The van der Waals surface area contributed by atoms with Gasteiger partial charge in [0.15, 0.2) is 0 Å². The Labute approximate surface area is 184 Å². The molecule has 2 aromatic carbocycles. The molecule has 162 valence electrons. The highest BCUT2D eigenvalue weighted by atomic mass is 35.5. The van der Waals surface area contributed by atoms with Gasteiger partial charge in [0.05, 0.1) is 18.0 Å². The third kappa shape index (κ3) is 5.16. The van der Waals surface area contributed by atoms with Crippen LogP contribution in [0.25, 0.3) is 0 Å². The van der Waals surface area contributed by atoms with Crippen LogP contribution in [0.3, 0.4) is 0 Å². The van der Waals surface area contributed by atoms with Crippen molar-refractivity contribution in [2.24, 2.45) is 0 Å². The molecule has 2 unspecified atom stereocenters. The largest absolute Gasteiger partial charge is 0.348 e. The summed E-state index contributed by atoms with van der Waals surface area (Å²) in [5.74, 6) is -0.326. The lowest BCUT2D eigenvalue weighted by Gasteiger charge is -2.31. The molecule has 0 saturated heterocycles. The van der Waals surface area contributed by atoms with Crippen LogP contribution in [-0.4, -0.2) is 26.6 Å². The molecule has 2 aromatic rings. The van der Waals surface area contributed by atoms with Crippen LogP contribution in [0.2, 0.25) is 5.02 Å². The predicted molar refractivity (Wildman–Crippen MR) is 122 cm³/mol. The summed E-state index contributed by atoms with van der Waals surface area (Å²) in [6.07, 6.45) is 6.04. The van der Waals surface area contributed by atoms with Gasteiger partial charge in [-0.2, -0.15) is 0 Å². The van der Waals surface area contributed by atoms with Gasteiger partial charge in [0.1, 0.15) is 6.04 Å². The number of benzene rings is 2. The molecule has 0 aliphatic heterocycles. The number of anilines is 1. The number of hydrogen-bond donors (Lipinski definition) is 1. The minimum atomic E-state index is -3.69. The summed E-state index contributed by atoms with van der Waals surface area (Å²) in [6.45, 7) is 3.73. The van der Waals surface area contributed by atoms with Crippen LogP contribution in [0.15, 0.2) is 42.5 Å². The lowest BCUT2D eigenvalue weighted by atomic mass is 9.89. The van der Waals surface area contributed by atoms with E-state index in [1.807, 2.05) is 6.92 Å². The first-order valence-electron chi connectivity index (χ1n) is 10.4. The maximum atomic E-state index is 13.1. The van der Waals surface area contributed by atoms with Crippen molar-refractivity contribution in [1.29, 1.82) is 0 Å². The normalized spacial score (nSPS) is 15.7. The van der Waals surface area contributed by atoms with Gasteiger partial charge in [-0.25, -0.2) is 8.42 Å². The summed E-state index contributed by atoms with van der Waals surface area (Å²) in [5.41, 5.74) is 4.16. The van der Waals surface area contributed by atoms with Crippen molar-refractivity contribution in [3.05, 3.63) is 64.2 Å². The molecule has 5 nitrogen and oxygen atoms in total. The fourth-order valence-electron chi connectivity index (χ4n) is 4.09. The Balaban J connectivity index is 1.83. The second kappa shape index (κ2) is 9.40. The monoisotopic (exact) mass is 448 g/mol. The fraction of sp³-hybridized carbons (Fsp3) is 0.435. The lowest BCUT2D eigenvalue weighted by Crippen LogP contribution is -2.49. The van der Waals surface area contributed by atoms with E-state index < -0.39 is 16.1 Å². The molecule has 7 heteroatoms. The number of hydrogen-bond acceptors (Lipinski definition) is 3. The number of sulfonamides is 1. The predicted octanol–water partition coefficient (Wildman–Crippen LogP) is 4.64. The molecule has 0 heterocycles. The number of nitrogens with zero attached hydrogens (tertiary/aromatic N) is 1. The maximum Gasteiger partial charge on any atom is 0.244 e. The van der Waals surface area contributed by atoms with Crippen LogP contribution in [0.4, 0.5) is 5.69 Å². The van der Waals surface area contributed by atoms with E-state index in [1.54, 1.807) is 31.2 Å². The molecule has 0 radical (unpaired) electrons. The smallest absolute Gasteiger partial charge is 0.244 e. The average molecular weight is 449 g/mol. The van der Waals surface area contributed by atoms with Gasteiger partial charge in [0.25, 0.3) is 0 Å². The highest BCUT2D eigenvalue weighted by Gasteiger charge is 2.32. The molecule has 2 atom stereocenters. The summed E-state index contributed by atoms with van der Waals surface area (Å²) in [7, 11) is -3.69. The zero-order valence-electron chi connectivity index (χ0n) is 17.7. The number of carbonyl (C=O) groups is 1. The molecule has 1 N–H and O–H groups in total. The van der Waals surface area contributed by atoms with Crippen molar-refractivity contribution < 1.29 is 13.2 Å². The van der Waals surface area contributed by atoms with Crippen LogP contribution in [0.5, 0.6) is 0 Å². The van der Waals surface area contributed by atoms with E-state index in [0.29, 0.717) is 17.1 Å². The zero-order valence-corrected chi connectivity index (χ0v) is 19.3. The third-order valence-corrected chi connectivity index (χ3v) is 7.04. The zero-order chi connectivity index (χ0) is 21.9. The van der Waals surface area contributed by atoms with Crippen LogP contribution < -0.4 is 9.62 Å². The number of amides is 1. The number of carbonyl (C=O) groups excluding carboxylic acids is 1. The maximum absolute atomic E-state index is 13.1. The molecule has 1 aliphatic rings. The number of halogens is 1. The van der Waals surface area contributed by atoms with E-state index in [0.717, 1.165) is 29.0 Å². The van der Waals surface area contributed by atoms with E-state index in [2.05, 4.69) is 23.5 Å². The topological polar surface area (TPSA) is 66.5 Å². The van der Waals surface area contributed by atoms with Crippen molar-refractivity contribution >= 4 is 33.2 Å². The number of rotatable bonds is 7. The van der Waals surface area contributed by atoms with Crippen LogP contribution >= 0.6 is 11.6 Å². The molecule has 0 aromatic heterocycles. The molecule has 0 bridgehead atoms. The molecule has 0 fully saturated rings. The second-order valence-corrected chi connectivity index (χ2v) is 10.2. The average Bonchev–Trinajstić information content (AvgIpc) is 2.70. The van der Waals surface area contributed by atoms with E-state index in [4.69, 9.17) is 11.6 Å². The van der Waals surface area contributed by atoms with Crippen molar-refractivity contribution in [2.45, 2.75) is 58.0 Å². The molecule has 30 heavy (non-hydrogen) atoms. The Morgan fingerprint density at radius 2 is 1.83 bits per heavy atom. The van der Waals surface area contributed by atoms with Gasteiger partial charge in [-0.05, 0) is 73.9 Å². The highest BCUT2D eigenvalue weighted by Crippen LogP contribution is 2.27. The molecule has 3 rings (SSSR count). The summed E-state index contributed by atoms with van der Waals surface area (Å²) >= 11 is 6.07. The fourth-order valence-corrected chi connectivity index (χ4v) is 5.48. The third-order valence-electron chi connectivity index (χ3n) is 5.62. The first-order valence-corrected chi connectivity index (χ1v) is 12.6. The molecule has 1 aliphatic carbocycles. The van der Waals surface area contributed by atoms with Crippen molar-refractivity contribution in [3.8, 4) is 0 Å². The summed E-state index contributed by atoms with van der Waals surface area (Å²) < 4.78 is 26.3. The lowest BCUT2D eigenvalue weighted by molar-refractivity contribution is -0.122. The Hall–Kier alpha value is -2.05. The van der Waals surface area contributed by atoms with Gasteiger partial charge in [0, 0.05) is 5.02 Å². The molecule has 1 amide bonds. The quantitative estimate of drug-likeness (QED) is 0.670. The standard InChI is InChI=1S/C23H29ClN2O3S/c1-4-22(26(30(3,28)29)21-11-7-10-20(24)15-21)23(27)25-16(2)18-13-12-17-8-5-6-9-19(17)14-18/h7,10-16,22H,4-6,8-9H2,1-3H3,(H,25,27). The second-order valence-electron chi connectivity index (χ2n) is 7.93. The Kier molecular flexibility index (Phi) is 7.09. The SMILES string of the molecule is CCC(C(=O)NC(C)c1ccc2c(c1)CCCC2)N(c1cccc(Cl)c1)S(C)(=O)=O. The van der Waals surface area contributed by atoms with E-state index in [9.17, 15) is 13.2 Å². The Morgan fingerprint density at radius 1 is 1.13 bits per heavy atom. The number of nitrogens with one attached hydrogen (secondary N) is 1. The van der Waals surface area contributed by atoms with Gasteiger partial charge >= 0.3 is 0 Å². The van der Waals surface area contributed by atoms with Gasteiger partial charge < -0.3 is 5.32 Å². The number of fused-ring (bicyclic) bond motifs is 1. The molecular formula is C23H29ClN2O3S. The molecule has 0 saturated carbocycles. The first-order chi connectivity index (χ1) is 14.2. The van der Waals surface area contributed by atoms with Crippen LogP contribution in [-0.2, 0) is 27.7 Å². The van der Waals surface area contributed by atoms with Crippen LogP contribution in [0.1, 0.15) is 55.8 Å². The molecule has 0 spiro atoms. The van der Waals surface area contributed by atoms with Gasteiger partial charge in [-0.3, -0.25) is 9.10 Å². The van der Waals surface area contributed by atoms with E-state index in [1.165, 1.54) is 24.0 Å². The Morgan fingerprint density at radius 3 is 2.47 bits per heavy atom. The van der Waals surface area contributed by atoms with Crippen molar-refractivity contribution in [1.82, 2.24) is 5.32 Å².